The Labute approximate surface area is 121 Å². The van der Waals surface area contributed by atoms with Crippen LogP contribution in [0.1, 0.15) is 38.3 Å². The predicted octanol–water partition coefficient (Wildman–Crippen LogP) is 1.57. The summed E-state index contributed by atoms with van der Waals surface area (Å²) in [6.45, 7) is 7.21. The highest BCUT2D eigenvalue weighted by atomic mass is 16.2. The van der Waals surface area contributed by atoms with Crippen molar-refractivity contribution in [1.29, 1.82) is 0 Å². The van der Waals surface area contributed by atoms with Gasteiger partial charge in [-0.15, -0.1) is 0 Å². The van der Waals surface area contributed by atoms with E-state index in [-0.39, 0.29) is 5.91 Å². The van der Waals surface area contributed by atoms with Crippen LogP contribution in [0.3, 0.4) is 0 Å². The van der Waals surface area contributed by atoms with Crippen molar-refractivity contribution in [2.24, 2.45) is 0 Å². The molecule has 112 valence electrons. The summed E-state index contributed by atoms with van der Waals surface area (Å²) >= 11 is 0. The number of piperidine rings is 1. The summed E-state index contributed by atoms with van der Waals surface area (Å²) in [5.41, 5.74) is 1.13. The van der Waals surface area contributed by atoms with E-state index in [0.717, 1.165) is 25.2 Å². The lowest BCUT2D eigenvalue weighted by Gasteiger charge is -2.34. The molecule has 1 aromatic rings. The second-order valence-corrected chi connectivity index (χ2v) is 5.57. The number of hydrogen-bond acceptors (Lipinski definition) is 3. The third-order valence-electron chi connectivity index (χ3n) is 4.14. The molecule has 1 amide bonds. The fourth-order valence-corrected chi connectivity index (χ4v) is 2.90. The summed E-state index contributed by atoms with van der Waals surface area (Å²) in [4.78, 5) is 14.3. The number of likely N-dealkylation sites (tertiary alicyclic amines) is 1. The molecule has 1 unspecified atom stereocenters. The van der Waals surface area contributed by atoms with E-state index in [2.05, 4.69) is 22.2 Å². The van der Waals surface area contributed by atoms with Crippen molar-refractivity contribution >= 4 is 5.91 Å². The average molecular weight is 278 g/mol. The molecule has 5 heteroatoms. The molecular weight excluding hydrogens is 252 g/mol. The van der Waals surface area contributed by atoms with Crippen LogP contribution in [-0.4, -0.2) is 46.3 Å². The quantitative estimate of drug-likeness (QED) is 0.859. The van der Waals surface area contributed by atoms with Gasteiger partial charge in [0.1, 0.15) is 0 Å². The number of rotatable bonds is 6. The normalized spacial score (nSPS) is 20.0. The molecule has 0 aromatic carbocycles. The van der Waals surface area contributed by atoms with E-state index in [9.17, 15) is 4.79 Å². The minimum atomic E-state index is 0.134. The third kappa shape index (κ3) is 4.07. The number of nitrogens with one attached hydrogen (secondary N) is 1. The van der Waals surface area contributed by atoms with Crippen molar-refractivity contribution < 1.29 is 4.79 Å². The first-order chi connectivity index (χ1) is 9.70. The van der Waals surface area contributed by atoms with E-state index in [4.69, 9.17) is 0 Å². The van der Waals surface area contributed by atoms with Gasteiger partial charge in [0, 0.05) is 24.5 Å². The van der Waals surface area contributed by atoms with Crippen LogP contribution in [0, 0.1) is 6.92 Å². The highest BCUT2D eigenvalue weighted by Gasteiger charge is 2.22. The molecule has 0 bridgehead atoms. The van der Waals surface area contributed by atoms with Gasteiger partial charge in [-0.25, -0.2) is 0 Å². The molecule has 1 atom stereocenters. The summed E-state index contributed by atoms with van der Waals surface area (Å²) < 4.78 is 1.91. The van der Waals surface area contributed by atoms with Crippen LogP contribution in [0.25, 0.3) is 0 Å². The molecule has 2 rings (SSSR count). The summed E-state index contributed by atoms with van der Waals surface area (Å²) in [5, 5.41) is 7.21. The molecule has 1 fully saturated rings. The molecule has 20 heavy (non-hydrogen) atoms. The van der Waals surface area contributed by atoms with E-state index in [1.165, 1.54) is 19.3 Å². The monoisotopic (exact) mass is 278 g/mol. The van der Waals surface area contributed by atoms with Crippen LogP contribution < -0.4 is 5.32 Å². The minimum absolute atomic E-state index is 0.134. The van der Waals surface area contributed by atoms with Gasteiger partial charge in [0.2, 0.25) is 5.91 Å². The fourth-order valence-electron chi connectivity index (χ4n) is 2.90. The number of amides is 1. The molecule has 2 heterocycles. The van der Waals surface area contributed by atoms with Gasteiger partial charge in [0.25, 0.3) is 0 Å². The van der Waals surface area contributed by atoms with Crippen LogP contribution in [0.5, 0.6) is 0 Å². The number of carbonyl (C=O) groups excluding carboxylic acids is 1. The van der Waals surface area contributed by atoms with Gasteiger partial charge in [-0.3, -0.25) is 14.4 Å². The Morgan fingerprint density at radius 1 is 1.50 bits per heavy atom. The van der Waals surface area contributed by atoms with Crippen molar-refractivity contribution in [3.8, 4) is 0 Å². The Morgan fingerprint density at radius 2 is 2.35 bits per heavy atom. The zero-order valence-corrected chi connectivity index (χ0v) is 12.6. The van der Waals surface area contributed by atoms with Gasteiger partial charge in [-0.05, 0) is 38.8 Å². The lowest BCUT2D eigenvalue weighted by atomic mass is 10.0. The van der Waals surface area contributed by atoms with Crippen molar-refractivity contribution in [2.75, 3.05) is 19.6 Å². The Bertz CT molecular complexity index is 429. The molecular formula is C15H26N4O. The number of nitrogens with zero attached hydrogens (tertiary/aromatic N) is 3. The first-order valence-electron chi connectivity index (χ1n) is 7.70. The van der Waals surface area contributed by atoms with Crippen LogP contribution in [-0.2, 0) is 11.3 Å². The van der Waals surface area contributed by atoms with Crippen molar-refractivity contribution in [3.63, 3.8) is 0 Å². The van der Waals surface area contributed by atoms with Crippen LogP contribution in [0.4, 0.5) is 0 Å². The van der Waals surface area contributed by atoms with Gasteiger partial charge in [0.05, 0.1) is 13.1 Å². The summed E-state index contributed by atoms with van der Waals surface area (Å²) in [7, 11) is 0. The number of carbonyl (C=O) groups is 1. The SMILES string of the molecule is CCC1CCCCN1CC(=O)NCCn1nccc1C. The molecule has 0 radical (unpaired) electrons. The standard InChI is InChI=1S/C15H26N4O/c1-3-14-6-4-5-10-18(14)12-15(20)16-9-11-19-13(2)7-8-17-19/h7-8,14H,3-6,9-12H2,1-2H3,(H,16,20). The maximum Gasteiger partial charge on any atom is 0.234 e. The van der Waals surface area contributed by atoms with Crippen LogP contribution in [0.2, 0.25) is 0 Å². The largest absolute Gasteiger partial charge is 0.353 e. The highest BCUT2D eigenvalue weighted by Crippen LogP contribution is 2.18. The molecule has 0 saturated carbocycles. The first kappa shape index (κ1) is 15.0. The van der Waals surface area contributed by atoms with Crippen molar-refractivity contribution in [1.82, 2.24) is 20.0 Å². The molecule has 1 saturated heterocycles. The third-order valence-corrected chi connectivity index (χ3v) is 4.14. The highest BCUT2D eigenvalue weighted by molar-refractivity contribution is 5.78. The van der Waals surface area contributed by atoms with Gasteiger partial charge >= 0.3 is 0 Å². The Morgan fingerprint density at radius 3 is 3.05 bits per heavy atom. The molecule has 5 nitrogen and oxygen atoms in total. The summed E-state index contributed by atoms with van der Waals surface area (Å²) in [5.74, 6) is 0.134. The second-order valence-electron chi connectivity index (χ2n) is 5.57. The maximum absolute atomic E-state index is 12.0. The number of aryl methyl sites for hydroxylation is 1. The summed E-state index contributed by atoms with van der Waals surface area (Å²) in [6.07, 6.45) is 6.68. The van der Waals surface area contributed by atoms with Crippen LogP contribution >= 0.6 is 0 Å². The summed E-state index contributed by atoms with van der Waals surface area (Å²) in [6, 6.07) is 2.56. The molecule has 0 spiro atoms. The Hall–Kier alpha value is -1.36. The molecule has 1 aliphatic heterocycles. The Kier molecular flexibility index (Phi) is 5.59. The Balaban J connectivity index is 1.71. The molecule has 1 aliphatic rings. The van der Waals surface area contributed by atoms with Gasteiger partial charge in [-0.1, -0.05) is 13.3 Å². The van der Waals surface area contributed by atoms with Gasteiger partial charge < -0.3 is 5.32 Å². The molecule has 1 N–H and O–H groups in total. The maximum atomic E-state index is 12.0. The molecule has 1 aromatic heterocycles. The number of aromatic nitrogens is 2. The van der Waals surface area contributed by atoms with Gasteiger partial charge in [0.15, 0.2) is 0 Å². The molecule has 0 aliphatic carbocycles. The zero-order valence-electron chi connectivity index (χ0n) is 12.6. The lowest BCUT2D eigenvalue weighted by Crippen LogP contribution is -2.45. The fraction of sp³-hybridized carbons (Fsp3) is 0.733. The predicted molar refractivity (Wildman–Crippen MR) is 79.5 cm³/mol. The van der Waals surface area contributed by atoms with E-state index in [1.807, 2.05) is 17.7 Å². The first-order valence-corrected chi connectivity index (χ1v) is 7.70. The smallest absolute Gasteiger partial charge is 0.234 e. The van der Waals surface area contributed by atoms with Crippen molar-refractivity contribution in [2.45, 2.75) is 52.1 Å². The minimum Gasteiger partial charge on any atom is -0.353 e. The number of hydrogen-bond donors (Lipinski definition) is 1. The van der Waals surface area contributed by atoms with Crippen molar-refractivity contribution in [3.05, 3.63) is 18.0 Å². The average Bonchev–Trinajstić information content (AvgIpc) is 2.85. The zero-order chi connectivity index (χ0) is 14.4. The van der Waals surface area contributed by atoms with E-state index in [1.54, 1.807) is 6.20 Å². The second kappa shape index (κ2) is 7.43. The van der Waals surface area contributed by atoms with Crippen LogP contribution in [0.15, 0.2) is 12.3 Å². The van der Waals surface area contributed by atoms with E-state index in [0.29, 0.717) is 19.1 Å². The lowest BCUT2D eigenvalue weighted by molar-refractivity contribution is -0.123. The van der Waals surface area contributed by atoms with E-state index >= 15 is 0 Å². The topological polar surface area (TPSA) is 50.2 Å². The van der Waals surface area contributed by atoms with E-state index < -0.39 is 0 Å². The van der Waals surface area contributed by atoms with Gasteiger partial charge in [-0.2, -0.15) is 5.10 Å².